The van der Waals surface area contributed by atoms with Crippen molar-refractivity contribution in [2.45, 2.75) is 46.6 Å². The number of rotatable bonds is 3. The summed E-state index contributed by atoms with van der Waals surface area (Å²) in [6.45, 7) is 12.5. The number of carbonyl (C=O) groups is 1. The summed E-state index contributed by atoms with van der Waals surface area (Å²) >= 11 is 0. The lowest BCUT2D eigenvalue weighted by molar-refractivity contribution is -0.159. The van der Waals surface area contributed by atoms with Crippen LogP contribution in [-0.4, -0.2) is 49.1 Å². The van der Waals surface area contributed by atoms with Gasteiger partial charge in [-0.15, -0.1) is 0 Å². The highest BCUT2D eigenvalue weighted by Gasteiger charge is 2.33. The van der Waals surface area contributed by atoms with Gasteiger partial charge in [-0.2, -0.15) is 0 Å². The quantitative estimate of drug-likeness (QED) is 0.488. The number of aliphatic imine (C=N–C) groups is 1. The molecule has 1 atom stereocenters. The van der Waals surface area contributed by atoms with E-state index in [0.29, 0.717) is 12.5 Å². The van der Waals surface area contributed by atoms with Crippen LogP contribution in [0.1, 0.15) is 41.0 Å². The van der Waals surface area contributed by atoms with Crippen molar-refractivity contribution in [3.63, 3.8) is 0 Å². The molecule has 0 aliphatic carbocycles. The Morgan fingerprint density at radius 2 is 2.10 bits per heavy atom. The minimum Gasteiger partial charge on any atom is -0.460 e. The second-order valence-electron chi connectivity index (χ2n) is 6.79. The second-order valence-corrected chi connectivity index (χ2v) is 6.79. The topological polar surface area (TPSA) is 53.9 Å². The predicted octanol–water partition coefficient (Wildman–Crippen LogP) is 1.88. The van der Waals surface area contributed by atoms with Crippen LogP contribution in [0.25, 0.3) is 0 Å². The number of carbonyl (C=O) groups excluding carboxylic acids is 1. The highest BCUT2D eigenvalue weighted by atomic mass is 16.6. The summed E-state index contributed by atoms with van der Waals surface area (Å²) < 4.78 is 5.46. The van der Waals surface area contributed by atoms with Crippen molar-refractivity contribution in [1.82, 2.24) is 10.2 Å². The molecule has 0 saturated carbocycles. The van der Waals surface area contributed by atoms with E-state index in [1.54, 1.807) is 7.05 Å². The summed E-state index contributed by atoms with van der Waals surface area (Å²) in [5.41, 5.74) is -0.415. The predicted molar refractivity (Wildman–Crippen MR) is 81.7 cm³/mol. The number of hydrogen-bond donors (Lipinski definition) is 1. The van der Waals surface area contributed by atoms with Crippen molar-refractivity contribution < 1.29 is 9.53 Å². The van der Waals surface area contributed by atoms with Crippen molar-refractivity contribution in [3.05, 3.63) is 0 Å². The van der Waals surface area contributed by atoms with Gasteiger partial charge in [0, 0.05) is 26.7 Å². The van der Waals surface area contributed by atoms with Gasteiger partial charge in [-0.1, -0.05) is 13.8 Å². The summed E-state index contributed by atoms with van der Waals surface area (Å²) in [5, 5.41) is 3.34. The van der Waals surface area contributed by atoms with E-state index in [1.165, 1.54) is 0 Å². The number of ether oxygens (including phenoxy) is 1. The molecular weight excluding hydrogens is 254 g/mol. The Morgan fingerprint density at radius 3 is 2.60 bits per heavy atom. The molecule has 5 nitrogen and oxygen atoms in total. The Bertz CT molecular complexity index is 359. The fraction of sp³-hybridized carbons (Fsp3) is 0.867. The first-order valence-electron chi connectivity index (χ1n) is 7.41. The average Bonchev–Trinajstić information content (AvgIpc) is 2.76. The molecule has 0 spiro atoms. The molecule has 1 rings (SSSR count). The van der Waals surface area contributed by atoms with Crippen LogP contribution in [0.4, 0.5) is 0 Å². The molecule has 20 heavy (non-hydrogen) atoms. The molecular formula is C15H29N3O2. The maximum absolute atomic E-state index is 12.1. The molecule has 0 amide bonds. The molecule has 0 aromatic rings. The molecule has 0 aromatic heterocycles. The molecule has 1 fully saturated rings. The van der Waals surface area contributed by atoms with Gasteiger partial charge in [0.25, 0.3) is 0 Å². The fourth-order valence-electron chi connectivity index (χ4n) is 2.16. The van der Waals surface area contributed by atoms with Gasteiger partial charge in [-0.05, 0) is 33.1 Å². The minimum absolute atomic E-state index is 0.0492. The highest BCUT2D eigenvalue weighted by molar-refractivity contribution is 5.82. The third-order valence-electron chi connectivity index (χ3n) is 3.11. The van der Waals surface area contributed by atoms with Crippen LogP contribution < -0.4 is 5.32 Å². The third kappa shape index (κ3) is 5.39. The molecule has 5 heteroatoms. The summed E-state index contributed by atoms with van der Waals surface area (Å²) in [4.78, 5) is 18.5. The lowest BCUT2D eigenvalue weighted by atomic mass is 10.1. The van der Waals surface area contributed by atoms with Crippen LogP contribution in [0.2, 0.25) is 0 Å². The minimum atomic E-state index is -0.415. The molecule has 0 radical (unpaired) electrons. The number of likely N-dealkylation sites (tertiary alicyclic amines) is 1. The number of guanidine groups is 1. The van der Waals surface area contributed by atoms with Crippen molar-refractivity contribution >= 4 is 11.9 Å². The number of hydrogen-bond acceptors (Lipinski definition) is 3. The first kappa shape index (κ1) is 16.8. The van der Waals surface area contributed by atoms with Crippen molar-refractivity contribution in [1.29, 1.82) is 0 Å². The van der Waals surface area contributed by atoms with Crippen LogP contribution in [0, 0.1) is 11.8 Å². The molecule has 116 valence electrons. The van der Waals surface area contributed by atoms with E-state index in [9.17, 15) is 4.79 Å². The number of esters is 1. The van der Waals surface area contributed by atoms with Gasteiger partial charge in [0.2, 0.25) is 0 Å². The van der Waals surface area contributed by atoms with Gasteiger partial charge < -0.3 is 15.0 Å². The molecule has 1 aliphatic heterocycles. The third-order valence-corrected chi connectivity index (χ3v) is 3.11. The Labute approximate surface area is 122 Å². The Hall–Kier alpha value is -1.26. The maximum Gasteiger partial charge on any atom is 0.311 e. The van der Waals surface area contributed by atoms with E-state index in [2.05, 4.69) is 29.1 Å². The molecule has 1 aliphatic rings. The van der Waals surface area contributed by atoms with Crippen molar-refractivity contribution in [2.24, 2.45) is 16.8 Å². The van der Waals surface area contributed by atoms with E-state index in [-0.39, 0.29) is 11.9 Å². The van der Waals surface area contributed by atoms with Gasteiger partial charge in [-0.25, -0.2) is 0 Å². The van der Waals surface area contributed by atoms with E-state index < -0.39 is 5.60 Å². The molecule has 1 N–H and O–H groups in total. The van der Waals surface area contributed by atoms with Gasteiger partial charge in [0.05, 0.1) is 5.92 Å². The van der Waals surface area contributed by atoms with E-state index in [1.807, 2.05) is 20.8 Å². The Kier molecular flexibility index (Phi) is 5.84. The van der Waals surface area contributed by atoms with E-state index >= 15 is 0 Å². The normalized spacial score (nSPS) is 20.4. The Balaban J connectivity index is 2.51. The van der Waals surface area contributed by atoms with Gasteiger partial charge >= 0.3 is 5.97 Å². The molecule has 1 heterocycles. The van der Waals surface area contributed by atoms with Crippen LogP contribution in [-0.2, 0) is 9.53 Å². The zero-order valence-electron chi connectivity index (χ0n) is 13.7. The number of nitrogens with zero attached hydrogens (tertiary/aromatic N) is 2. The fourth-order valence-corrected chi connectivity index (χ4v) is 2.16. The van der Waals surface area contributed by atoms with E-state index in [4.69, 9.17) is 4.74 Å². The lowest BCUT2D eigenvalue weighted by Gasteiger charge is -2.24. The van der Waals surface area contributed by atoms with Crippen LogP contribution in [0.3, 0.4) is 0 Å². The largest absolute Gasteiger partial charge is 0.460 e. The monoisotopic (exact) mass is 283 g/mol. The zero-order valence-corrected chi connectivity index (χ0v) is 13.7. The maximum atomic E-state index is 12.1. The number of nitrogens with one attached hydrogen (secondary N) is 1. The van der Waals surface area contributed by atoms with Crippen molar-refractivity contribution in [2.75, 3.05) is 26.7 Å². The average molecular weight is 283 g/mol. The summed E-state index contributed by atoms with van der Waals surface area (Å²) in [6, 6.07) is 0. The zero-order chi connectivity index (χ0) is 15.3. The van der Waals surface area contributed by atoms with Crippen LogP contribution in [0.5, 0.6) is 0 Å². The summed E-state index contributed by atoms with van der Waals surface area (Å²) in [5.74, 6) is 1.30. The smallest absolute Gasteiger partial charge is 0.311 e. The lowest BCUT2D eigenvalue weighted by Crippen LogP contribution is -2.42. The van der Waals surface area contributed by atoms with Gasteiger partial charge in [0.15, 0.2) is 5.96 Å². The second kappa shape index (κ2) is 6.95. The van der Waals surface area contributed by atoms with Gasteiger partial charge in [-0.3, -0.25) is 9.79 Å². The Morgan fingerprint density at radius 1 is 1.45 bits per heavy atom. The summed E-state index contributed by atoms with van der Waals surface area (Å²) in [7, 11) is 1.78. The highest BCUT2D eigenvalue weighted by Crippen LogP contribution is 2.20. The van der Waals surface area contributed by atoms with Crippen LogP contribution >= 0.6 is 0 Å². The summed E-state index contributed by atoms with van der Waals surface area (Å²) in [6.07, 6.45) is 0.831. The van der Waals surface area contributed by atoms with Crippen molar-refractivity contribution in [3.8, 4) is 0 Å². The van der Waals surface area contributed by atoms with Crippen LogP contribution in [0.15, 0.2) is 4.99 Å². The molecule has 1 unspecified atom stereocenters. The first-order valence-corrected chi connectivity index (χ1v) is 7.41. The van der Waals surface area contributed by atoms with E-state index in [0.717, 1.165) is 25.5 Å². The molecule has 1 saturated heterocycles. The SMILES string of the molecule is CN=C(NCC(C)C)N1CCC(C(=O)OC(C)(C)C)C1. The molecule has 0 bridgehead atoms. The first-order chi connectivity index (χ1) is 9.23. The molecule has 0 aromatic carbocycles. The standard InChI is InChI=1S/C15H29N3O2/c1-11(2)9-17-14(16-6)18-8-7-12(10-18)13(19)20-15(3,4)5/h11-12H,7-10H2,1-6H3,(H,16,17). The van der Waals surface area contributed by atoms with Gasteiger partial charge in [0.1, 0.15) is 5.60 Å².